The van der Waals surface area contributed by atoms with Crippen molar-refractivity contribution in [1.82, 2.24) is 21.3 Å². The van der Waals surface area contributed by atoms with E-state index in [0.29, 0.717) is 30.3 Å². The summed E-state index contributed by atoms with van der Waals surface area (Å²) in [5.41, 5.74) is 3.54. The van der Waals surface area contributed by atoms with E-state index in [9.17, 15) is 28.3 Å². The molecule has 3 rings (SSSR count). The van der Waals surface area contributed by atoms with Gasteiger partial charge in [-0.3, -0.25) is 33.5 Å². The lowest BCUT2D eigenvalue weighted by atomic mass is 9.80. The molecule has 374 valence electrons. The number of nitrogens with one attached hydrogen (secondary N) is 4. The number of phosphoric acid groups is 1. The third kappa shape index (κ3) is 28.8. The van der Waals surface area contributed by atoms with Gasteiger partial charge >= 0.3 is 22.5 Å². The molecule has 0 saturated carbocycles. The van der Waals surface area contributed by atoms with Crippen molar-refractivity contribution in [3.8, 4) is 5.75 Å². The summed E-state index contributed by atoms with van der Waals surface area (Å²) in [7, 11) is -2.93. The number of ketones is 4. The Labute approximate surface area is 397 Å². The standard InChI is InChI=1S/C13H25NO.C12H18NO4P.C11H16BNO3.C11H16NO5P/c1-5-6-7-8-9-10-11-13(3,14-4)12(2)15;1-9(14)12(13-2)7-10-3-5-11(6-4-10)8-18(15,16)17;1-8(14)11(13-2)7-9-3-5-10(6-4-9)12(15)16;1-8(13)11(12-2)7-9-3-5-10(6-4-9)17-18(14,15)16/h5,14H,1,6-11H2,2-4H3;3-6,12-13H,7-8H2,1-2H3,(H2,15,16,17);3-6,11,13,15-16H,7H2,1-2H3;3-6,11-12H,7H2,1-2H3,(H2,14,15,16)/t13-;12-;2*11-/m1000/s1. The van der Waals surface area contributed by atoms with Crippen molar-refractivity contribution < 1.29 is 62.5 Å². The third-order valence-corrected chi connectivity index (χ3v) is 12.1. The van der Waals surface area contributed by atoms with E-state index in [1.165, 1.54) is 45.2 Å². The van der Waals surface area contributed by atoms with Crippen molar-refractivity contribution in [2.45, 2.75) is 122 Å². The van der Waals surface area contributed by atoms with Gasteiger partial charge in [0.1, 0.15) is 28.9 Å². The molecule has 0 saturated heterocycles. The number of Topliss-reactive ketones (excluding diaryl/α,β-unsaturated/α-hetero) is 4. The Morgan fingerprint density at radius 3 is 1.33 bits per heavy atom. The van der Waals surface area contributed by atoms with Gasteiger partial charge in [0.2, 0.25) is 0 Å². The van der Waals surface area contributed by atoms with E-state index >= 15 is 0 Å². The van der Waals surface area contributed by atoms with Gasteiger partial charge in [-0.15, -0.1) is 6.58 Å². The molecule has 20 heteroatoms. The van der Waals surface area contributed by atoms with Crippen LogP contribution in [0, 0.1) is 0 Å². The van der Waals surface area contributed by atoms with E-state index in [1.54, 1.807) is 95.7 Å². The summed E-state index contributed by atoms with van der Waals surface area (Å²) in [5.74, 6) is 0.519. The normalized spacial score (nSPS) is 13.3. The predicted octanol–water partition coefficient (Wildman–Crippen LogP) is 4.13. The predicted molar refractivity (Wildman–Crippen MR) is 265 cm³/mol. The maximum Gasteiger partial charge on any atom is 0.524 e. The molecule has 67 heavy (non-hydrogen) atoms. The fourth-order valence-electron chi connectivity index (χ4n) is 6.32. The van der Waals surface area contributed by atoms with Crippen LogP contribution >= 0.6 is 15.4 Å². The second-order valence-corrected chi connectivity index (χ2v) is 19.1. The molecule has 0 unspecified atom stereocenters. The summed E-state index contributed by atoms with van der Waals surface area (Å²) in [6.07, 6.45) is 10.2. The van der Waals surface area contributed by atoms with Gasteiger partial charge in [0, 0.05) is 0 Å². The number of phosphoric ester groups is 1. The molecule has 0 heterocycles. The molecule has 0 radical (unpaired) electrons. The number of unbranched alkanes of at least 4 members (excludes halogenated alkanes) is 4. The summed E-state index contributed by atoms with van der Waals surface area (Å²) in [6.45, 7) is 11.9. The molecule has 3 aromatic carbocycles. The molecule has 0 aromatic heterocycles. The molecule has 0 aliphatic rings. The summed E-state index contributed by atoms with van der Waals surface area (Å²) in [5, 5.41) is 29.7. The van der Waals surface area contributed by atoms with Crippen LogP contribution in [-0.4, -0.2) is 112 Å². The number of likely N-dealkylation sites (N-methyl/N-ethyl adjacent to an activating group) is 4. The van der Waals surface area contributed by atoms with Crippen LogP contribution in [0.15, 0.2) is 85.5 Å². The van der Waals surface area contributed by atoms with E-state index in [2.05, 4.69) is 32.4 Å². The van der Waals surface area contributed by atoms with E-state index in [1.807, 2.05) is 20.0 Å². The number of carbonyl (C=O) groups is 4. The molecule has 0 aliphatic carbocycles. The molecule has 0 aliphatic heterocycles. The van der Waals surface area contributed by atoms with Crippen LogP contribution in [0.25, 0.3) is 0 Å². The van der Waals surface area contributed by atoms with Gasteiger partial charge in [-0.1, -0.05) is 86.0 Å². The van der Waals surface area contributed by atoms with Crippen molar-refractivity contribution in [1.29, 1.82) is 0 Å². The molecule has 0 fully saturated rings. The largest absolute Gasteiger partial charge is 0.524 e. The average molecular weight is 977 g/mol. The quantitative estimate of drug-likeness (QED) is 0.0234. The average Bonchev–Trinajstić information content (AvgIpc) is 3.25. The van der Waals surface area contributed by atoms with Gasteiger partial charge in [-0.2, -0.15) is 0 Å². The smallest absolute Gasteiger partial charge is 0.423 e. The van der Waals surface area contributed by atoms with Crippen LogP contribution in [0.3, 0.4) is 0 Å². The summed E-state index contributed by atoms with van der Waals surface area (Å²) in [4.78, 5) is 80.1. The van der Waals surface area contributed by atoms with Crippen LogP contribution in [0.1, 0.15) is 95.4 Å². The highest BCUT2D eigenvalue weighted by molar-refractivity contribution is 7.50. The Kier molecular flexibility index (Phi) is 30.8. The minimum absolute atomic E-state index is 0.0352. The second kappa shape index (κ2) is 32.7. The number of rotatable bonds is 26. The van der Waals surface area contributed by atoms with Gasteiger partial charge in [0.25, 0.3) is 0 Å². The highest BCUT2D eigenvalue weighted by Gasteiger charge is 2.26. The molecular weight excluding hydrogens is 901 g/mol. The van der Waals surface area contributed by atoms with Crippen LogP contribution in [-0.2, 0) is 53.7 Å². The fraction of sp³-hybridized carbons (Fsp3) is 0.489. The lowest BCUT2D eigenvalue weighted by molar-refractivity contribution is -0.123. The molecule has 0 amide bonds. The van der Waals surface area contributed by atoms with Crippen LogP contribution in [0.2, 0.25) is 0 Å². The molecule has 0 spiro atoms. The first kappa shape index (κ1) is 63.0. The van der Waals surface area contributed by atoms with E-state index in [4.69, 9.17) is 29.6 Å². The van der Waals surface area contributed by atoms with Crippen molar-refractivity contribution in [2.24, 2.45) is 0 Å². The zero-order chi connectivity index (χ0) is 51.4. The van der Waals surface area contributed by atoms with Gasteiger partial charge < -0.3 is 45.6 Å². The number of carbonyl (C=O) groups excluding carboxylic acids is 4. The Balaban J connectivity index is 0.000000870. The fourth-order valence-corrected chi connectivity index (χ4v) is 7.40. The Morgan fingerprint density at radius 2 is 1.01 bits per heavy atom. The first-order chi connectivity index (χ1) is 31.2. The van der Waals surface area contributed by atoms with Crippen molar-refractivity contribution in [3.63, 3.8) is 0 Å². The number of hydrogen-bond donors (Lipinski definition) is 10. The van der Waals surface area contributed by atoms with Crippen molar-refractivity contribution in [2.75, 3.05) is 28.2 Å². The monoisotopic (exact) mass is 976 g/mol. The topological polar surface area (TPSA) is 281 Å². The minimum Gasteiger partial charge on any atom is -0.423 e. The summed E-state index contributed by atoms with van der Waals surface area (Å²) in [6, 6.07) is 19.4. The number of hydrogen-bond acceptors (Lipinski definition) is 13. The Hall–Kier alpha value is -4.00. The molecule has 0 bridgehead atoms. The second-order valence-electron chi connectivity index (χ2n) is 16.3. The highest BCUT2D eigenvalue weighted by Crippen LogP contribution is 2.39. The lowest BCUT2D eigenvalue weighted by Gasteiger charge is -2.26. The highest BCUT2D eigenvalue weighted by atomic mass is 31.2. The maximum atomic E-state index is 11.4. The van der Waals surface area contributed by atoms with Crippen molar-refractivity contribution >= 4 is 51.1 Å². The first-order valence-corrected chi connectivity index (χ1v) is 25.3. The molecule has 4 atom stereocenters. The molecular formula is C47H75BN4O13P2. The van der Waals surface area contributed by atoms with E-state index < -0.39 is 22.5 Å². The minimum atomic E-state index is -4.52. The van der Waals surface area contributed by atoms with Gasteiger partial charge in [0.15, 0.2) is 0 Å². The maximum absolute atomic E-state index is 11.4. The Bertz CT molecular complexity index is 1940. The molecule has 3 aromatic rings. The van der Waals surface area contributed by atoms with Crippen LogP contribution in [0.5, 0.6) is 5.75 Å². The third-order valence-electron chi connectivity index (χ3n) is 10.8. The summed E-state index contributed by atoms with van der Waals surface area (Å²) >= 11 is 0. The van der Waals surface area contributed by atoms with Gasteiger partial charge in [-0.05, 0) is 141 Å². The molecule has 10 N–H and O–H groups in total. The van der Waals surface area contributed by atoms with E-state index in [-0.39, 0.29) is 58.7 Å². The Morgan fingerprint density at radius 1 is 0.642 bits per heavy atom. The van der Waals surface area contributed by atoms with Gasteiger partial charge in [-0.25, -0.2) is 4.57 Å². The zero-order valence-corrected chi connectivity index (χ0v) is 42.3. The lowest BCUT2D eigenvalue weighted by Crippen LogP contribution is -2.46. The number of benzene rings is 3. The first-order valence-electron chi connectivity index (χ1n) is 22.0. The van der Waals surface area contributed by atoms with Crippen LogP contribution < -0.4 is 31.3 Å². The summed E-state index contributed by atoms with van der Waals surface area (Å²) < 4.78 is 25.9. The SMILES string of the molecule is C=CCCCCCC[C@@](C)(NC)C(C)=O.CN[C@@H](Cc1ccc(B(O)O)cc1)C(C)=O.CN[C@@H](Cc1ccc(CP(=O)(O)O)cc1)C(C)=O.CN[C@@H](Cc1ccc(OP(=O)(O)O)cc1)C(C)=O. The van der Waals surface area contributed by atoms with Crippen molar-refractivity contribution in [3.05, 3.63) is 108 Å². The zero-order valence-electron chi connectivity index (χ0n) is 40.5. The van der Waals surface area contributed by atoms with E-state index in [0.717, 1.165) is 36.0 Å². The van der Waals surface area contributed by atoms with Crippen LogP contribution in [0.4, 0.5) is 0 Å². The number of allylic oxidation sites excluding steroid dienone is 1. The van der Waals surface area contributed by atoms with Gasteiger partial charge in [0.05, 0.1) is 29.8 Å². The molecule has 17 nitrogen and oxygen atoms in total.